The molecule has 1 heterocycles. The number of unbranched alkanes of at least 4 members (excludes halogenated alkanes) is 13. The summed E-state index contributed by atoms with van der Waals surface area (Å²) in [5, 5.41) is 56.6. The Morgan fingerprint density at radius 3 is 1.64 bits per heavy atom. The molecule has 0 aromatic heterocycles. The van der Waals surface area contributed by atoms with Crippen molar-refractivity contribution in [2.75, 3.05) is 13.2 Å². The van der Waals surface area contributed by atoms with Crippen LogP contribution in [0.1, 0.15) is 181 Å². The fraction of sp³-hybridized carbons (Fsp3) is 0.613. The molecule has 8 unspecified atom stereocenters. The van der Waals surface area contributed by atoms with Crippen LogP contribution in [0.25, 0.3) is 0 Å². The minimum atomic E-state index is -1.65. The van der Waals surface area contributed by atoms with E-state index in [1.807, 2.05) is 48.6 Å². The van der Waals surface area contributed by atoms with Crippen LogP contribution in [0.3, 0.4) is 0 Å². The van der Waals surface area contributed by atoms with E-state index in [2.05, 4.69) is 105 Å². The molecule has 0 bridgehead atoms. The van der Waals surface area contributed by atoms with Crippen LogP contribution in [0, 0.1) is 0 Å². The van der Waals surface area contributed by atoms with Crippen LogP contribution >= 0.6 is 0 Å². The molecule has 0 radical (unpaired) electrons. The summed E-state index contributed by atoms with van der Waals surface area (Å²) in [6.45, 7) is 5.43. The van der Waals surface area contributed by atoms with E-state index >= 15 is 0 Å². The summed E-state index contributed by atoms with van der Waals surface area (Å²) >= 11 is 0. The second kappa shape index (κ2) is 48.7. The predicted octanol–water partition coefficient (Wildman–Crippen LogP) is 12.5. The maximum Gasteiger partial charge on any atom is 0.306 e. The molecule has 412 valence electrons. The van der Waals surface area contributed by atoms with Crippen molar-refractivity contribution in [1.29, 1.82) is 0 Å². The standard InChI is InChI=1S/C62H99NO10/c1-4-7-10-13-16-19-22-24-25-26-27-28-29-30-31-32-35-38-41-44-47-50-57(67)73-60-59(69)58(68)56(51-64)72-62(60)71-52-53(54(65)48-45-42-39-36-33-21-18-15-12-9-6-3)63-61(70)55(66)49-46-43-40-37-34-23-20-17-14-11-8-5-2/h7-8,10-11,14,16-17,19-20,23-25,27-28,30-31,34-35,37-38,45,48,53-56,58-60,62,64-66,68-69H,4-6,9,12-13,15,18,21-22,26,29,32-33,36,39-44,46-47,49-52H2,1-3H3,(H,63,70)/b10-7-,11-8+,17-14+,19-16-,23-20-,25-24-,28-27-,31-30-,37-34-,38-35-,48-45+. The fourth-order valence-corrected chi connectivity index (χ4v) is 7.72. The number of amides is 1. The first kappa shape index (κ1) is 66.8. The van der Waals surface area contributed by atoms with Crippen LogP contribution in [-0.4, -0.2) is 99.6 Å². The first-order valence-electron chi connectivity index (χ1n) is 28.0. The zero-order chi connectivity index (χ0) is 53.3. The Kier molecular flexibility index (Phi) is 44.6. The molecule has 1 saturated heterocycles. The molecule has 6 N–H and O–H groups in total. The van der Waals surface area contributed by atoms with Gasteiger partial charge in [0.25, 0.3) is 0 Å². The van der Waals surface area contributed by atoms with Crippen molar-refractivity contribution in [2.45, 2.75) is 230 Å². The van der Waals surface area contributed by atoms with Crippen LogP contribution in [0.5, 0.6) is 0 Å². The lowest BCUT2D eigenvalue weighted by Crippen LogP contribution is -2.61. The second-order valence-electron chi connectivity index (χ2n) is 18.6. The van der Waals surface area contributed by atoms with Gasteiger partial charge in [-0.2, -0.15) is 0 Å². The van der Waals surface area contributed by atoms with Crippen molar-refractivity contribution in [3.05, 3.63) is 134 Å². The molecule has 0 aliphatic carbocycles. The topological polar surface area (TPSA) is 175 Å². The number of aliphatic hydroxyl groups excluding tert-OH is 5. The van der Waals surface area contributed by atoms with Gasteiger partial charge in [0.2, 0.25) is 5.91 Å². The number of hydrogen-bond acceptors (Lipinski definition) is 10. The summed E-state index contributed by atoms with van der Waals surface area (Å²) in [4.78, 5) is 26.4. The molecule has 11 nitrogen and oxygen atoms in total. The quantitative estimate of drug-likeness (QED) is 0.0149. The number of esters is 1. The number of rotatable bonds is 44. The van der Waals surface area contributed by atoms with Crippen LogP contribution in [-0.2, 0) is 23.8 Å². The third-order valence-electron chi connectivity index (χ3n) is 12.1. The maximum absolute atomic E-state index is 13.3. The van der Waals surface area contributed by atoms with Gasteiger partial charge in [-0.15, -0.1) is 0 Å². The van der Waals surface area contributed by atoms with E-state index < -0.39 is 67.4 Å². The monoisotopic (exact) mass is 1020 g/mol. The van der Waals surface area contributed by atoms with Crippen LogP contribution in [0.4, 0.5) is 0 Å². The summed E-state index contributed by atoms with van der Waals surface area (Å²) in [6.07, 6.45) is 57.9. The van der Waals surface area contributed by atoms with Crippen LogP contribution in [0.2, 0.25) is 0 Å². The van der Waals surface area contributed by atoms with Crippen molar-refractivity contribution in [3.63, 3.8) is 0 Å². The summed E-state index contributed by atoms with van der Waals surface area (Å²) in [5.41, 5.74) is 0. The van der Waals surface area contributed by atoms with Gasteiger partial charge in [-0.3, -0.25) is 9.59 Å². The number of carbonyl (C=O) groups is 2. The van der Waals surface area contributed by atoms with Gasteiger partial charge in [0.1, 0.15) is 24.4 Å². The molecule has 0 spiro atoms. The number of ether oxygens (including phenoxy) is 3. The van der Waals surface area contributed by atoms with E-state index in [-0.39, 0.29) is 19.4 Å². The Labute approximate surface area is 442 Å². The molecule has 1 rings (SSSR count). The van der Waals surface area contributed by atoms with Gasteiger partial charge in [-0.05, 0) is 96.3 Å². The van der Waals surface area contributed by atoms with Crippen molar-refractivity contribution in [2.24, 2.45) is 0 Å². The fourth-order valence-electron chi connectivity index (χ4n) is 7.72. The van der Waals surface area contributed by atoms with E-state index in [1.54, 1.807) is 6.08 Å². The van der Waals surface area contributed by atoms with Crippen LogP contribution in [0.15, 0.2) is 134 Å². The zero-order valence-corrected chi connectivity index (χ0v) is 45.2. The van der Waals surface area contributed by atoms with Gasteiger partial charge in [0.05, 0.1) is 25.4 Å². The highest BCUT2D eigenvalue weighted by Gasteiger charge is 2.47. The van der Waals surface area contributed by atoms with Crippen molar-refractivity contribution < 1.29 is 49.3 Å². The first-order chi connectivity index (χ1) is 35.7. The number of allylic oxidation sites excluding steroid dienone is 21. The lowest BCUT2D eigenvalue weighted by Gasteiger charge is -2.41. The van der Waals surface area contributed by atoms with Gasteiger partial charge < -0.3 is 45.1 Å². The van der Waals surface area contributed by atoms with E-state index in [9.17, 15) is 35.1 Å². The summed E-state index contributed by atoms with van der Waals surface area (Å²) < 4.78 is 17.5. The highest BCUT2D eigenvalue weighted by molar-refractivity contribution is 5.80. The largest absolute Gasteiger partial charge is 0.454 e. The summed E-state index contributed by atoms with van der Waals surface area (Å²) in [6, 6.07) is -1.06. The lowest BCUT2D eigenvalue weighted by atomic mass is 9.99. The zero-order valence-electron chi connectivity index (χ0n) is 45.2. The Bertz CT molecular complexity index is 1690. The summed E-state index contributed by atoms with van der Waals surface area (Å²) in [5.74, 6) is -1.30. The number of aliphatic hydroxyl groups is 5. The third kappa shape index (κ3) is 37.2. The number of hydrogen-bond donors (Lipinski definition) is 6. The maximum atomic E-state index is 13.3. The number of carbonyl (C=O) groups excluding carboxylic acids is 2. The first-order valence-corrected chi connectivity index (χ1v) is 28.0. The summed E-state index contributed by atoms with van der Waals surface area (Å²) in [7, 11) is 0. The van der Waals surface area contributed by atoms with Gasteiger partial charge in [0.15, 0.2) is 12.4 Å². The Morgan fingerprint density at radius 1 is 0.562 bits per heavy atom. The molecule has 8 atom stereocenters. The van der Waals surface area contributed by atoms with Crippen molar-refractivity contribution in [3.8, 4) is 0 Å². The molecule has 1 fully saturated rings. The third-order valence-corrected chi connectivity index (χ3v) is 12.1. The molecule has 1 aliphatic rings. The molecule has 11 heteroatoms. The minimum Gasteiger partial charge on any atom is -0.454 e. The van der Waals surface area contributed by atoms with Crippen molar-refractivity contribution in [1.82, 2.24) is 5.32 Å². The van der Waals surface area contributed by atoms with Gasteiger partial charge in [0, 0.05) is 6.42 Å². The SMILES string of the molecule is CC/C=C\C/C=C\C/C=C\C/C=C\C/C=C\C/C=C\CCCCC(=O)OC1C(OCC(NC(=O)C(O)CCCC\C=C/C=C\C=C\C=C\CC)C(O)/C=C/CCCCCCCCCCC)OC(CO)C(O)C1O. The molecule has 1 aliphatic heterocycles. The molecule has 0 aromatic carbocycles. The second-order valence-corrected chi connectivity index (χ2v) is 18.6. The van der Waals surface area contributed by atoms with E-state index in [0.717, 1.165) is 96.3 Å². The normalized spacial score (nSPS) is 20.5. The minimum absolute atomic E-state index is 0.0548. The predicted molar refractivity (Wildman–Crippen MR) is 301 cm³/mol. The molecule has 73 heavy (non-hydrogen) atoms. The van der Waals surface area contributed by atoms with Gasteiger partial charge in [-0.25, -0.2) is 0 Å². The molecule has 0 saturated carbocycles. The van der Waals surface area contributed by atoms with E-state index in [0.29, 0.717) is 12.8 Å². The molecular weight excluding hydrogens is 919 g/mol. The number of nitrogens with one attached hydrogen (secondary N) is 1. The van der Waals surface area contributed by atoms with Gasteiger partial charge in [-0.1, -0.05) is 212 Å². The molecule has 0 aromatic rings. The average Bonchev–Trinajstić information content (AvgIpc) is 3.39. The lowest BCUT2D eigenvalue weighted by molar-refractivity contribution is -0.305. The molecule has 1 amide bonds. The Hall–Kier alpha value is -4.20. The van der Waals surface area contributed by atoms with E-state index in [1.165, 1.54) is 38.5 Å². The smallest absolute Gasteiger partial charge is 0.306 e. The highest BCUT2D eigenvalue weighted by atomic mass is 16.7. The van der Waals surface area contributed by atoms with Gasteiger partial charge >= 0.3 is 5.97 Å². The molecular formula is C62H99NO10. The highest BCUT2D eigenvalue weighted by Crippen LogP contribution is 2.26. The Morgan fingerprint density at radius 2 is 1.05 bits per heavy atom. The van der Waals surface area contributed by atoms with Crippen LogP contribution < -0.4 is 5.32 Å². The van der Waals surface area contributed by atoms with Crippen molar-refractivity contribution >= 4 is 11.9 Å². The van der Waals surface area contributed by atoms with E-state index in [4.69, 9.17) is 14.2 Å². The Balaban J connectivity index is 2.76. The average molecular weight is 1020 g/mol.